The molecule has 0 saturated heterocycles. The zero-order valence-electron chi connectivity index (χ0n) is 12.8. The Morgan fingerprint density at radius 2 is 2.00 bits per heavy atom. The van der Waals surface area contributed by atoms with Crippen molar-refractivity contribution in [2.45, 2.75) is 31.8 Å². The number of ether oxygens (including phenoxy) is 2. The minimum Gasteiger partial charge on any atom is -0.494 e. The van der Waals surface area contributed by atoms with Gasteiger partial charge in [-0.25, -0.2) is 4.79 Å². The van der Waals surface area contributed by atoms with Crippen LogP contribution in [0.25, 0.3) is 0 Å². The number of nitrogens with zero attached hydrogens (tertiary/aromatic N) is 2. The molecule has 1 aromatic carbocycles. The van der Waals surface area contributed by atoms with Gasteiger partial charge in [0, 0.05) is 7.05 Å². The van der Waals surface area contributed by atoms with Crippen LogP contribution in [0.5, 0.6) is 5.75 Å². The van der Waals surface area contributed by atoms with Crippen LogP contribution in [0.4, 0.5) is 11.4 Å². The van der Waals surface area contributed by atoms with Crippen LogP contribution in [0.3, 0.4) is 0 Å². The van der Waals surface area contributed by atoms with Crippen LogP contribution in [-0.2, 0) is 4.74 Å². The van der Waals surface area contributed by atoms with Crippen molar-refractivity contribution < 1.29 is 14.3 Å². The Bertz CT molecular complexity index is 553. The zero-order valence-corrected chi connectivity index (χ0v) is 12.8. The van der Waals surface area contributed by atoms with Gasteiger partial charge in [-0.3, -0.25) is 5.32 Å². The van der Waals surface area contributed by atoms with Crippen LogP contribution in [0.1, 0.15) is 36.0 Å². The Hall–Kier alpha value is -1.91. The molecule has 1 saturated carbocycles. The quantitative estimate of drug-likeness (QED) is 0.803. The maximum atomic E-state index is 12.0. The third-order valence-corrected chi connectivity index (χ3v) is 4.57. The van der Waals surface area contributed by atoms with Gasteiger partial charge in [0.1, 0.15) is 17.6 Å². The van der Waals surface area contributed by atoms with Crippen molar-refractivity contribution in [3.8, 4) is 5.75 Å². The van der Waals surface area contributed by atoms with E-state index in [4.69, 9.17) is 14.8 Å². The lowest BCUT2D eigenvalue weighted by molar-refractivity contribution is 0.0601. The lowest BCUT2D eigenvalue weighted by Gasteiger charge is -2.26. The van der Waals surface area contributed by atoms with E-state index in [0.29, 0.717) is 17.2 Å². The van der Waals surface area contributed by atoms with E-state index >= 15 is 0 Å². The Labute approximate surface area is 125 Å². The summed E-state index contributed by atoms with van der Waals surface area (Å²) >= 11 is 0. The Kier molecular flexibility index (Phi) is 3.66. The van der Waals surface area contributed by atoms with E-state index in [9.17, 15) is 4.79 Å². The fraction of sp³-hybridized carbons (Fsp3) is 0.562. The van der Waals surface area contributed by atoms with Gasteiger partial charge in [-0.2, -0.15) is 0 Å². The molecule has 2 aliphatic rings. The first kappa shape index (κ1) is 14.0. The molecule has 3 rings (SSSR count). The van der Waals surface area contributed by atoms with Gasteiger partial charge in [0.2, 0.25) is 0 Å². The van der Waals surface area contributed by atoms with Crippen molar-refractivity contribution in [1.29, 1.82) is 0 Å². The minimum atomic E-state index is -0.331. The molecule has 1 aliphatic heterocycles. The monoisotopic (exact) mass is 289 g/mol. The molecule has 0 N–H and O–H groups in total. The predicted octanol–water partition coefficient (Wildman–Crippen LogP) is 2.68. The molecular formula is C16H21N2O3. The molecular weight excluding hydrogens is 268 g/mol. The highest BCUT2D eigenvalue weighted by Gasteiger charge is 2.39. The van der Waals surface area contributed by atoms with E-state index in [1.807, 2.05) is 7.05 Å². The van der Waals surface area contributed by atoms with Gasteiger partial charge in [0.15, 0.2) is 0 Å². The van der Waals surface area contributed by atoms with E-state index in [2.05, 4.69) is 4.90 Å². The number of hydrogen-bond acceptors (Lipinski definition) is 4. The van der Waals surface area contributed by atoms with Crippen molar-refractivity contribution in [2.24, 2.45) is 5.92 Å². The van der Waals surface area contributed by atoms with E-state index in [1.165, 1.54) is 32.8 Å². The molecule has 5 nitrogen and oxygen atoms in total. The Balaban J connectivity index is 2.02. The number of rotatable bonds is 3. The van der Waals surface area contributed by atoms with Gasteiger partial charge >= 0.3 is 5.97 Å². The summed E-state index contributed by atoms with van der Waals surface area (Å²) in [5.74, 6) is 0.936. The molecule has 1 radical (unpaired) electrons. The summed E-state index contributed by atoms with van der Waals surface area (Å²) in [5.41, 5.74) is 2.16. The number of benzene rings is 1. The summed E-state index contributed by atoms with van der Waals surface area (Å²) < 4.78 is 10.3. The van der Waals surface area contributed by atoms with E-state index in [1.54, 1.807) is 19.2 Å². The predicted molar refractivity (Wildman–Crippen MR) is 80.3 cm³/mol. The maximum absolute atomic E-state index is 12.0. The van der Waals surface area contributed by atoms with Gasteiger partial charge in [-0.05, 0) is 30.9 Å². The molecule has 0 amide bonds. The Morgan fingerprint density at radius 1 is 1.29 bits per heavy atom. The average Bonchev–Trinajstić information content (AvgIpc) is 3.14. The smallest absolute Gasteiger partial charge is 0.340 e. The highest BCUT2D eigenvalue weighted by Crippen LogP contribution is 2.47. The maximum Gasteiger partial charge on any atom is 0.340 e. The first-order valence-electron chi connectivity index (χ1n) is 7.40. The molecule has 1 fully saturated rings. The second-order valence-corrected chi connectivity index (χ2v) is 5.70. The number of anilines is 1. The third kappa shape index (κ3) is 2.20. The molecule has 1 aliphatic carbocycles. The first-order chi connectivity index (χ1) is 10.2. The summed E-state index contributed by atoms with van der Waals surface area (Å²) in [6.07, 6.45) is 5.02. The minimum absolute atomic E-state index is 0.0993. The highest BCUT2D eigenvalue weighted by molar-refractivity contribution is 6.01. The second kappa shape index (κ2) is 5.47. The van der Waals surface area contributed by atoms with Crippen LogP contribution in [0, 0.1) is 5.92 Å². The lowest BCUT2D eigenvalue weighted by Crippen LogP contribution is -2.38. The number of methoxy groups -OCH3 is 2. The molecule has 21 heavy (non-hydrogen) atoms. The zero-order chi connectivity index (χ0) is 15.0. The molecule has 1 unspecified atom stereocenters. The van der Waals surface area contributed by atoms with E-state index < -0.39 is 0 Å². The SMILES string of the molecule is COC(=O)c1ccc(OC)c2c1N(C)C(C1CCCC1)[N]2. The molecule has 0 spiro atoms. The average molecular weight is 289 g/mol. The van der Waals surface area contributed by atoms with Gasteiger partial charge < -0.3 is 14.4 Å². The van der Waals surface area contributed by atoms with Crippen LogP contribution < -0.4 is 15.0 Å². The van der Waals surface area contributed by atoms with Crippen molar-refractivity contribution in [3.63, 3.8) is 0 Å². The largest absolute Gasteiger partial charge is 0.494 e. The van der Waals surface area contributed by atoms with Crippen molar-refractivity contribution in [1.82, 2.24) is 5.32 Å². The summed E-state index contributed by atoms with van der Waals surface area (Å²) in [5, 5.41) is 4.86. The molecule has 0 aromatic heterocycles. The highest BCUT2D eigenvalue weighted by atomic mass is 16.5. The molecule has 1 atom stereocenters. The summed E-state index contributed by atoms with van der Waals surface area (Å²) in [7, 11) is 5.04. The van der Waals surface area contributed by atoms with Gasteiger partial charge in [0.25, 0.3) is 0 Å². The standard InChI is InChI=1S/C16H21N2O3/c1-18-14-11(16(19)21-3)8-9-12(20-2)13(14)17-15(18)10-6-4-5-7-10/h8-10,15H,4-7H2,1-3H3. The van der Waals surface area contributed by atoms with Crippen molar-refractivity contribution >= 4 is 17.3 Å². The lowest BCUT2D eigenvalue weighted by atomic mass is 10.0. The van der Waals surface area contributed by atoms with Crippen molar-refractivity contribution in [2.75, 3.05) is 26.2 Å². The van der Waals surface area contributed by atoms with E-state index in [0.717, 1.165) is 11.4 Å². The summed E-state index contributed by atoms with van der Waals surface area (Å²) in [4.78, 5) is 14.1. The number of esters is 1. The van der Waals surface area contributed by atoms with Gasteiger partial charge in [0.05, 0.1) is 25.5 Å². The number of carbonyl (C=O) groups is 1. The fourth-order valence-electron chi connectivity index (χ4n) is 3.51. The van der Waals surface area contributed by atoms with E-state index in [-0.39, 0.29) is 12.1 Å². The Morgan fingerprint density at radius 3 is 2.62 bits per heavy atom. The van der Waals surface area contributed by atoms with Crippen LogP contribution in [0.15, 0.2) is 12.1 Å². The van der Waals surface area contributed by atoms with Crippen molar-refractivity contribution in [3.05, 3.63) is 17.7 Å². The molecule has 113 valence electrons. The van der Waals surface area contributed by atoms with Gasteiger partial charge in [-0.1, -0.05) is 12.8 Å². The number of fused-ring (bicyclic) bond motifs is 1. The van der Waals surface area contributed by atoms with Gasteiger partial charge in [-0.15, -0.1) is 0 Å². The molecule has 5 heteroatoms. The fourth-order valence-corrected chi connectivity index (χ4v) is 3.51. The number of carbonyl (C=O) groups excluding carboxylic acids is 1. The molecule has 1 heterocycles. The molecule has 0 bridgehead atoms. The topological polar surface area (TPSA) is 52.9 Å². The first-order valence-corrected chi connectivity index (χ1v) is 7.40. The molecule has 1 aromatic rings. The van der Waals surface area contributed by atoms with Crippen LogP contribution in [-0.4, -0.2) is 33.4 Å². The normalized spacial score (nSPS) is 21.1. The van der Waals surface area contributed by atoms with Crippen LogP contribution >= 0.6 is 0 Å². The van der Waals surface area contributed by atoms with Crippen LogP contribution in [0.2, 0.25) is 0 Å². The third-order valence-electron chi connectivity index (χ3n) is 4.57. The number of hydrogen-bond donors (Lipinski definition) is 0. The summed E-state index contributed by atoms with van der Waals surface area (Å²) in [6, 6.07) is 3.55. The second-order valence-electron chi connectivity index (χ2n) is 5.70. The summed E-state index contributed by atoms with van der Waals surface area (Å²) in [6.45, 7) is 0.